The number of aliphatic hydroxyl groups is 1. The van der Waals surface area contributed by atoms with Crippen LogP contribution in [-0.2, 0) is 19.1 Å². The molecule has 0 aromatic carbocycles. The summed E-state index contributed by atoms with van der Waals surface area (Å²) in [6, 6.07) is 0. The number of rotatable bonds is 34. The van der Waals surface area contributed by atoms with Crippen molar-refractivity contribution in [3.05, 3.63) is 0 Å². The van der Waals surface area contributed by atoms with E-state index in [2.05, 4.69) is 39.5 Å². The number of ether oxygens (including phenoxy) is 2. The van der Waals surface area contributed by atoms with E-state index in [9.17, 15) is 14.7 Å². The zero-order valence-corrected chi connectivity index (χ0v) is 30.8. The molecule has 0 aromatic rings. The Labute approximate surface area is 280 Å². The quantitative estimate of drug-likeness (QED) is 0.0558. The summed E-state index contributed by atoms with van der Waals surface area (Å²) in [6.07, 6.45) is 26.9. The molecular formula is C39H77NO5. The maximum atomic E-state index is 12.1. The Morgan fingerprint density at radius 2 is 1.11 bits per heavy atom. The minimum absolute atomic E-state index is 0.0178. The van der Waals surface area contributed by atoms with Crippen molar-refractivity contribution in [2.24, 2.45) is 11.3 Å². The fourth-order valence-electron chi connectivity index (χ4n) is 5.82. The van der Waals surface area contributed by atoms with Crippen LogP contribution in [0.2, 0.25) is 0 Å². The van der Waals surface area contributed by atoms with Crippen molar-refractivity contribution in [1.82, 2.24) is 4.90 Å². The van der Waals surface area contributed by atoms with Gasteiger partial charge < -0.3 is 19.5 Å². The Morgan fingerprint density at radius 3 is 1.69 bits per heavy atom. The number of hydrogen-bond acceptors (Lipinski definition) is 6. The summed E-state index contributed by atoms with van der Waals surface area (Å²) < 4.78 is 11.0. The fourth-order valence-corrected chi connectivity index (χ4v) is 5.82. The molecule has 0 atom stereocenters. The highest BCUT2D eigenvalue weighted by Crippen LogP contribution is 2.24. The molecule has 0 spiro atoms. The summed E-state index contributed by atoms with van der Waals surface area (Å²) in [6.45, 7) is 15.3. The van der Waals surface area contributed by atoms with Gasteiger partial charge in [-0.1, -0.05) is 137 Å². The van der Waals surface area contributed by atoms with E-state index in [1.807, 2.05) is 0 Å². The molecule has 0 saturated heterocycles. The largest absolute Gasteiger partial charge is 0.466 e. The van der Waals surface area contributed by atoms with E-state index in [0.717, 1.165) is 103 Å². The second-order valence-electron chi connectivity index (χ2n) is 14.8. The van der Waals surface area contributed by atoms with Crippen molar-refractivity contribution in [2.75, 3.05) is 39.5 Å². The van der Waals surface area contributed by atoms with E-state index in [0.29, 0.717) is 26.1 Å². The van der Waals surface area contributed by atoms with E-state index in [1.54, 1.807) is 0 Å². The third kappa shape index (κ3) is 32.6. The predicted octanol–water partition coefficient (Wildman–Crippen LogP) is 10.4. The van der Waals surface area contributed by atoms with Crippen LogP contribution in [0.5, 0.6) is 0 Å². The number of aliphatic hydroxyl groups excluding tert-OH is 1. The Bertz CT molecular complexity index is 666. The van der Waals surface area contributed by atoms with E-state index < -0.39 is 0 Å². The lowest BCUT2D eigenvalue weighted by Crippen LogP contribution is -2.29. The van der Waals surface area contributed by atoms with Crippen molar-refractivity contribution >= 4 is 11.9 Å². The van der Waals surface area contributed by atoms with Crippen molar-refractivity contribution in [1.29, 1.82) is 0 Å². The molecule has 0 radical (unpaired) electrons. The minimum Gasteiger partial charge on any atom is -0.466 e. The van der Waals surface area contributed by atoms with Gasteiger partial charge in [-0.05, 0) is 62.9 Å². The third-order valence-electron chi connectivity index (χ3n) is 8.90. The topological polar surface area (TPSA) is 76.1 Å². The van der Waals surface area contributed by atoms with E-state index in [4.69, 9.17) is 9.47 Å². The van der Waals surface area contributed by atoms with Gasteiger partial charge in [0.25, 0.3) is 0 Å². The minimum atomic E-state index is -0.0392. The number of esters is 2. The Kier molecular flexibility index (Phi) is 30.7. The van der Waals surface area contributed by atoms with E-state index >= 15 is 0 Å². The highest BCUT2D eigenvalue weighted by atomic mass is 16.5. The van der Waals surface area contributed by atoms with Crippen LogP contribution in [0.1, 0.15) is 189 Å². The second-order valence-corrected chi connectivity index (χ2v) is 14.8. The van der Waals surface area contributed by atoms with Crippen molar-refractivity contribution < 1.29 is 24.2 Å². The molecule has 45 heavy (non-hydrogen) atoms. The van der Waals surface area contributed by atoms with Crippen molar-refractivity contribution in [2.45, 2.75) is 189 Å². The molecule has 0 heterocycles. The van der Waals surface area contributed by atoms with Gasteiger partial charge in [-0.15, -0.1) is 0 Å². The summed E-state index contributed by atoms with van der Waals surface area (Å²) in [5, 5.41) is 9.50. The van der Waals surface area contributed by atoms with Crippen LogP contribution in [-0.4, -0.2) is 61.4 Å². The van der Waals surface area contributed by atoms with Gasteiger partial charge in [0.1, 0.15) is 0 Å². The number of carbonyl (C=O) groups is 2. The maximum absolute atomic E-state index is 12.1. The van der Waals surface area contributed by atoms with Crippen LogP contribution in [0.15, 0.2) is 0 Å². The molecule has 0 aliphatic heterocycles. The molecule has 0 fully saturated rings. The van der Waals surface area contributed by atoms with Crippen LogP contribution in [0.3, 0.4) is 0 Å². The number of carbonyl (C=O) groups excluding carboxylic acids is 2. The molecular weight excluding hydrogens is 562 g/mol. The highest BCUT2D eigenvalue weighted by molar-refractivity contribution is 5.69. The monoisotopic (exact) mass is 640 g/mol. The Hall–Kier alpha value is -1.14. The van der Waals surface area contributed by atoms with Crippen LogP contribution < -0.4 is 0 Å². The highest BCUT2D eigenvalue weighted by Gasteiger charge is 2.20. The van der Waals surface area contributed by atoms with Crippen LogP contribution >= 0.6 is 0 Å². The smallest absolute Gasteiger partial charge is 0.305 e. The van der Waals surface area contributed by atoms with Gasteiger partial charge in [0, 0.05) is 19.4 Å². The van der Waals surface area contributed by atoms with Gasteiger partial charge in [0.05, 0.1) is 19.8 Å². The lowest BCUT2D eigenvalue weighted by atomic mass is 9.88. The summed E-state index contributed by atoms with van der Waals surface area (Å²) >= 11 is 0. The number of unbranched alkanes of at least 4 members (excludes halogenated alkanes) is 16. The van der Waals surface area contributed by atoms with Gasteiger partial charge in [0.15, 0.2) is 0 Å². The average Bonchev–Trinajstić information content (AvgIpc) is 3.00. The van der Waals surface area contributed by atoms with E-state index in [1.165, 1.54) is 64.2 Å². The Balaban J connectivity index is 3.75. The number of nitrogens with zero attached hydrogens (tertiary/aromatic N) is 1. The number of hydrogen-bond donors (Lipinski definition) is 1. The molecule has 6 heteroatoms. The Morgan fingerprint density at radius 1 is 0.622 bits per heavy atom. The van der Waals surface area contributed by atoms with Gasteiger partial charge in [-0.3, -0.25) is 9.59 Å². The van der Waals surface area contributed by atoms with Crippen molar-refractivity contribution in [3.8, 4) is 0 Å². The summed E-state index contributed by atoms with van der Waals surface area (Å²) in [5.41, 5.74) is 0.0178. The van der Waals surface area contributed by atoms with Crippen LogP contribution in [0.4, 0.5) is 0 Å². The molecule has 6 nitrogen and oxygen atoms in total. The molecule has 268 valence electrons. The zero-order chi connectivity index (χ0) is 33.4. The molecule has 0 unspecified atom stereocenters. The van der Waals surface area contributed by atoms with Crippen molar-refractivity contribution in [3.63, 3.8) is 0 Å². The van der Waals surface area contributed by atoms with Gasteiger partial charge in [0.2, 0.25) is 0 Å². The standard InChI is InChI=1S/C39H77NO5/c1-6-7-8-9-10-14-21-28-38(43)45-35-39(4,5)29-22-18-24-31-40(32-33-41)30-23-16-11-15-20-27-37(42)44-34-25-17-12-13-19-26-36(2)3/h36,41H,6-35H2,1-5H3. The molecule has 0 amide bonds. The summed E-state index contributed by atoms with van der Waals surface area (Å²) in [4.78, 5) is 26.5. The first-order chi connectivity index (χ1) is 21.7. The second kappa shape index (κ2) is 31.5. The fraction of sp³-hybridized carbons (Fsp3) is 0.949. The molecule has 0 saturated carbocycles. The predicted molar refractivity (Wildman–Crippen MR) is 191 cm³/mol. The molecule has 0 aromatic heterocycles. The van der Waals surface area contributed by atoms with Gasteiger partial charge in [-0.2, -0.15) is 0 Å². The lowest BCUT2D eigenvalue weighted by molar-refractivity contribution is -0.147. The van der Waals surface area contributed by atoms with Crippen LogP contribution in [0, 0.1) is 11.3 Å². The average molecular weight is 640 g/mol. The van der Waals surface area contributed by atoms with E-state index in [-0.39, 0.29) is 24.0 Å². The first-order valence-corrected chi connectivity index (χ1v) is 19.3. The molecule has 1 N–H and O–H groups in total. The SMILES string of the molecule is CCCCCCCCCC(=O)OCC(C)(C)CCCCCN(CCO)CCCCCCCC(=O)OCCCCCCCC(C)C. The molecule has 0 bridgehead atoms. The third-order valence-corrected chi connectivity index (χ3v) is 8.90. The van der Waals surface area contributed by atoms with Crippen LogP contribution in [0.25, 0.3) is 0 Å². The summed E-state index contributed by atoms with van der Waals surface area (Å²) in [7, 11) is 0. The lowest BCUT2D eigenvalue weighted by Gasteiger charge is -2.25. The maximum Gasteiger partial charge on any atom is 0.305 e. The van der Waals surface area contributed by atoms with Gasteiger partial charge in [-0.25, -0.2) is 0 Å². The normalized spacial score (nSPS) is 11.9. The molecule has 0 rings (SSSR count). The molecule has 0 aliphatic carbocycles. The first-order valence-electron chi connectivity index (χ1n) is 19.3. The summed E-state index contributed by atoms with van der Waals surface area (Å²) in [5.74, 6) is 0.724. The molecule has 0 aliphatic rings. The van der Waals surface area contributed by atoms with Gasteiger partial charge >= 0.3 is 11.9 Å². The first kappa shape index (κ1) is 43.9. The zero-order valence-electron chi connectivity index (χ0n) is 30.8.